The first kappa shape index (κ1) is 30.8. The van der Waals surface area contributed by atoms with Crippen molar-refractivity contribution in [2.24, 2.45) is 0 Å². The van der Waals surface area contributed by atoms with Crippen LogP contribution in [-0.2, 0) is 0 Å². The van der Waals surface area contributed by atoms with Gasteiger partial charge in [-0.1, -0.05) is 146 Å². The number of fused-ring (bicyclic) bond motifs is 13. The van der Waals surface area contributed by atoms with E-state index in [9.17, 15) is 4.79 Å². The smallest absolute Gasteiger partial charge is 0.263 e. The first-order valence-electron chi connectivity index (χ1n) is 18.9. The lowest BCUT2D eigenvalue weighted by atomic mass is 9.96. The molecule has 0 spiro atoms. The molecule has 12 rings (SSSR count). The van der Waals surface area contributed by atoms with Gasteiger partial charge < -0.3 is 0 Å². The van der Waals surface area contributed by atoms with E-state index in [1.807, 2.05) is 47.0 Å². The van der Waals surface area contributed by atoms with Crippen LogP contribution in [0, 0.1) is 0 Å². The van der Waals surface area contributed by atoms with E-state index in [1.165, 1.54) is 5.39 Å². The Hall–Kier alpha value is -7.63. The molecule has 5 heteroatoms. The predicted molar refractivity (Wildman–Crippen MR) is 232 cm³/mol. The molecule has 0 saturated heterocycles. The molecule has 260 valence electrons. The van der Waals surface area contributed by atoms with Crippen molar-refractivity contribution in [1.29, 1.82) is 0 Å². The Labute approximate surface area is 320 Å². The highest BCUT2D eigenvalue weighted by Crippen LogP contribution is 2.45. The number of para-hydroxylation sites is 2. The highest BCUT2D eigenvalue weighted by Gasteiger charge is 2.25. The van der Waals surface area contributed by atoms with Gasteiger partial charge in [0, 0.05) is 43.6 Å². The summed E-state index contributed by atoms with van der Waals surface area (Å²) in [5, 5.41) is 12.3. The Morgan fingerprint density at radius 1 is 0.393 bits per heavy atom. The van der Waals surface area contributed by atoms with Gasteiger partial charge >= 0.3 is 0 Å². The minimum Gasteiger partial charge on any atom is -0.277 e. The molecule has 0 fully saturated rings. The molecule has 0 saturated carbocycles. The molecule has 0 atom stereocenters. The molecule has 56 heavy (non-hydrogen) atoms. The Balaban J connectivity index is 1.31. The number of hydrogen-bond donors (Lipinski definition) is 0. The maximum atomic E-state index is 15.0. The van der Waals surface area contributed by atoms with Gasteiger partial charge in [-0.2, -0.15) is 0 Å². The Morgan fingerprint density at radius 2 is 0.964 bits per heavy atom. The minimum atomic E-state index is -0.0592. The first-order chi connectivity index (χ1) is 27.7. The SMILES string of the molecule is O=c1c2ccccc2c2c(c3ccccc3c3c4ccccc4n(-c4nc(-c5ccc6ccccc6c5)c5ccccc5n4)c32)n1-c1ccc2ccccc2c1. The summed E-state index contributed by atoms with van der Waals surface area (Å²) in [5.41, 5.74) is 6.31. The normalized spacial score (nSPS) is 12.0. The number of nitrogens with zero attached hydrogens (tertiary/aromatic N) is 4. The summed E-state index contributed by atoms with van der Waals surface area (Å²) in [4.78, 5) is 25.8. The van der Waals surface area contributed by atoms with E-state index in [0.717, 1.165) is 92.9 Å². The fraction of sp³-hybridized carbons (Fsp3) is 0. The topological polar surface area (TPSA) is 52.7 Å². The lowest BCUT2D eigenvalue weighted by Gasteiger charge is -2.19. The number of pyridine rings is 1. The van der Waals surface area contributed by atoms with E-state index in [2.05, 4.69) is 144 Å². The molecule has 0 aliphatic heterocycles. The molecule has 0 amide bonds. The molecular formula is C51H30N4O. The van der Waals surface area contributed by atoms with Crippen molar-refractivity contribution in [2.45, 2.75) is 0 Å². The van der Waals surface area contributed by atoms with E-state index >= 15 is 0 Å². The average molecular weight is 715 g/mol. The van der Waals surface area contributed by atoms with Gasteiger partial charge in [0.25, 0.3) is 5.56 Å². The molecule has 0 N–H and O–H groups in total. The molecule has 0 bridgehead atoms. The van der Waals surface area contributed by atoms with Crippen LogP contribution in [-0.4, -0.2) is 19.1 Å². The molecule has 3 heterocycles. The number of aromatic nitrogens is 4. The van der Waals surface area contributed by atoms with Crippen LogP contribution in [0.1, 0.15) is 0 Å². The lowest BCUT2D eigenvalue weighted by molar-refractivity contribution is 1.02. The van der Waals surface area contributed by atoms with Crippen molar-refractivity contribution in [3.8, 4) is 22.9 Å². The van der Waals surface area contributed by atoms with Gasteiger partial charge in [0.2, 0.25) is 5.95 Å². The summed E-state index contributed by atoms with van der Waals surface area (Å²) in [6, 6.07) is 62.9. The van der Waals surface area contributed by atoms with Crippen molar-refractivity contribution in [2.75, 3.05) is 0 Å². The van der Waals surface area contributed by atoms with Gasteiger partial charge in [-0.15, -0.1) is 0 Å². The summed E-state index contributed by atoms with van der Waals surface area (Å²) in [6.07, 6.45) is 0. The van der Waals surface area contributed by atoms with Crippen LogP contribution >= 0.6 is 0 Å². The molecule has 5 nitrogen and oxygen atoms in total. The molecule has 0 radical (unpaired) electrons. The fourth-order valence-corrected chi connectivity index (χ4v) is 8.99. The highest BCUT2D eigenvalue weighted by atomic mass is 16.1. The van der Waals surface area contributed by atoms with Gasteiger partial charge in [-0.05, 0) is 68.7 Å². The number of benzene rings is 9. The van der Waals surface area contributed by atoms with E-state index in [0.29, 0.717) is 11.3 Å². The summed E-state index contributed by atoms with van der Waals surface area (Å²) in [7, 11) is 0. The summed E-state index contributed by atoms with van der Waals surface area (Å²) in [5.74, 6) is 0.571. The maximum absolute atomic E-state index is 15.0. The van der Waals surface area contributed by atoms with Gasteiger partial charge in [0.15, 0.2) is 0 Å². The third kappa shape index (κ3) is 4.34. The second-order valence-electron chi connectivity index (χ2n) is 14.5. The third-order valence-electron chi connectivity index (χ3n) is 11.5. The molecule has 0 aliphatic rings. The molecule has 0 unspecified atom stereocenters. The molecule has 9 aromatic carbocycles. The average Bonchev–Trinajstić information content (AvgIpc) is 3.61. The van der Waals surface area contributed by atoms with E-state index < -0.39 is 0 Å². The van der Waals surface area contributed by atoms with Crippen LogP contribution < -0.4 is 5.56 Å². The zero-order chi connectivity index (χ0) is 36.9. The Bertz CT molecular complexity index is 3690. The highest BCUT2D eigenvalue weighted by molar-refractivity contribution is 6.35. The summed E-state index contributed by atoms with van der Waals surface area (Å²) < 4.78 is 4.16. The first-order valence-corrected chi connectivity index (χ1v) is 18.9. The van der Waals surface area contributed by atoms with Gasteiger partial charge in [-0.25, -0.2) is 9.97 Å². The largest absolute Gasteiger partial charge is 0.277 e. The predicted octanol–water partition coefficient (Wildman–Crippen LogP) is 12.3. The Morgan fingerprint density at radius 3 is 1.73 bits per heavy atom. The van der Waals surface area contributed by atoms with Crippen LogP contribution in [0.15, 0.2) is 187 Å². The quantitative estimate of drug-likeness (QED) is 0.171. The number of rotatable bonds is 3. The zero-order valence-electron chi connectivity index (χ0n) is 30.0. The lowest BCUT2D eigenvalue weighted by Crippen LogP contribution is -2.20. The Kier molecular flexibility index (Phi) is 6.42. The second kappa shape index (κ2) is 11.7. The van der Waals surface area contributed by atoms with Crippen LogP contribution in [0.3, 0.4) is 0 Å². The van der Waals surface area contributed by atoms with Crippen LogP contribution in [0.2, 0.25) is 0 Å². The van der Waals surface area contributed by atoms with Crippen molar-refractivity contribution in [3.63, 3.8) is 0 Å². The maximum Gasteiger partial charge on any atom is 0.263 e. The summed E-state index contributed by atoms with van der Waals surface area (Å²) in [6.45, 7) is 0. The van der Waals surface area contributed by atoms with Crippen molar-refractivity contribution >= 4 is 86.7 Å². The molecule has 0 aliphatic carbocycles. The van der Waals surface area contributed by atoms with Crippen molar-refractivity contribution in [3.05, 3.63) is 192 Å². The third-order valence-corrected chi connectivity index (χ3v) is 11.5. The molecular weight excluding hydrogens is 685 g/mol. The van der Waals surface area contributed by atoms with E-state index in [-0.39, 0.29) is 5.56 Å². The van der Waals surface area contributed by atoms with Gasteiger partial charge in [-0.3, -0.25) is 13.9 Å². The second-order valence-corrected chi connectivity index (χ2v) is 14.5. The van der Waals surface area contributed by atoms with Gasteiger partial charge in [0.1, 0.15) is 0 Å². The molecule has 3 aromatic heterocycles. The summed E-state index contributed by atoms with van der Waals surface area (Å²) >= 11 is 0. The standard InChI is InChI=1S/C51H30N4O/c56-50-40-20-8-6-18-38(40)46-48(54(50)36-28-27-32-14-2-4-16-34(32)30-36)39-19-7-5-17-37(39)45-42-22-10-12-24-44(42)55(49(45)46)51-52-43-23-11-9-21-41(43)47(53-51)35-26-25-31-13-1-3-15-33(31)29-35/h1-30H. The van der Waals surface area contributed by atoms with Crippen LogP contribution in [0.25, 0.3) is 110 Å². The van der Waals surface area contributed by atoms with Crippen LogP contribution in [0.5, 0.6) is 0 Å². The van der Waals surface area contributed by atoms with Gasteiger partial charge in [0.05, 0.1) is 27.8 Å². The fourth-order valence-electron chi connectivity index (χ4n) is 8.99. The van der Waals surface area contributed by atoms with Crippen molar-refractivity contribution in [1.82, 2.24) is 19.1 Å². The van der Waals surface area contributed by atoms with E-state index in [4.69, 9.17) is 9.97 Å². The van der Waals surface area contributed by atoms with E-state index in [1.54, 1.807) is 0 Å². The minimum absolute atomic E-state index is 0.0592. The number of hydrogen-bond acceptors (Lipinski definition) is 3. The van der Waals surface area contributed by atoms with Crippen molar-refractivity contribution < 1.29 is 0 Å². The monoisotopic (exact) mass is 714 g/mol. The molecule has 12 aromatic rings. The zero-order valence-corrected chi connectivity index (χ0v) is 30.0. The van der Waals surface area contributed by atoms with Crippen LogP contribution in [0.4, 0.5) is 0 Å².